The molecule has 4 nitrogen and oxygen atoms in total. The van der Waals surface area contributed by atoms with Gasteiger partial charge in [0.25, 0.3) is 0 Å². The van der Waals surface area contributed by atoms with Crippen LogP contribution in [0.4, 0.5) is 5.69 Å². The predicted molar refractivity (Wildman–Crippen MR) is 77.4 cm³/mol. The highest BCUT2D eigenvalue weighted by Gasteiger charge is 2.05. The molecule has 0 aliphatic rings. The molecule has 0 aliphatic heterocycles. The summed E-state index contributed by atoms with van der Waals surface area (Å²) in [7, 11) is 0. The van der Waals surface area contributed by atoms with Gasteiger partial charge in [0.1, 0.15) is 5.69 Å². The molecule has 2 rings (SSSR count). The van der Waals surface area contributed by atoms with E-state index in [-0.39, 0.29) is 5.69 Å². The normalized spacial score (nSPS) is 10.2. The maximum atomic E-state index is 10.8. The summed E-state index contributed by atoms with van der Waals surface area (Å²) < 4.78 is 0.993. The summed E-state index contributed by atoms with van der Waals surface area (Å²) in [5.74, 6) is -1.01. The zero-order valence-corrected chi connectivity index (χ0v) is 11.9. The lowest BCUT2D eigenvalue weighted by Gasteiger charge is -2.10. The quantitative estimate of drug-likeness (QED) is 0.905. The van der Waals surface area contributed by atoms with Gasteiger partial charge in [-0.2, -0.15) is 0 Å². The highest BCUT2D eigenvalue weighted by molar-refractivity contribution is 9.10. The van der Waals surface area contributed by atoms with Crippen molar-refractivity contribution in [1.29, 1.82) is 0 Å². The number of pyridine rings is 1. The van der Waals surface area contributed by atoms with E-state index in [1.165, 1.54) is 6.07 Å². The number of hydrogen-bond donors (Lipinski definition) is 2. The van der Waals surface area contributed by atoms with Gasteiger partial charge in [-0.15, -0.1) is 0 Å². The molecular weight excluding hydrogens is 308 g/mol. The number of aromatic carboxylic acids is 1. The second-order valence-electron chi connectivity index (χ2n) is 4.13. The van der Waals surface area contributed by atoms with Crippen molar-refractivity contribution < 1.29 is 9.90 Å². The minimum atomic E-state index is -1.01. The van der Waals surface area contributed by atoms with Crippen LogP contribution in [0.25, 0.3) is 0 Å². The van der Waals surface area contributed by atoms with Gasteiger partial charge in [-0.1, -0.05) is 28.1 Å². The molecule has 1 aromatic carbocycles. The number of rotatable bonds is 4. The number of carboxylic acid groups (broad SMARTS) is 1. The molecule has 0 saturated heterocycles. The molecule has 1 heterocycles. The predicted octanol–water partition coefficient (Wildman–Crippen LogP) is 3.46. The van der Waals surface area contributed by atoms with Crippen LogP contribution in [0.5, 0.6) is 0 Å². The molecule has 5 heteroatoms. The first kappa shape index (κ1) is 13.5. The standard InChI is InChI=1S/C14H13BrN2O2/c1-9-5-6-10(15)7-13(9)16-8-11-3-2-4-12(17-11)14(18)19/h2-7,16H,8H2,1H3,(H,18,19). The second-order valence-corrected chi connectivity index (χ2v) is 5.05. The molecule has 0 aliphatic carbocycles. The first-order chi connectivity index (χ1) is 9.06. The van der Waals surface area contributed by atoms with Crippen molar-refractivity contribution in [3.05, 3.63) is 57.8 Å². The summed E-state index contributed by atoms with van der Waals surface area (Å²) in [6.45, 7) is 2.49. The summed E-state index contributed by atoms with van der Waals surface area (Å²) in [4.78, 5) is 14.9. The molecule has 0 unspecified atom stereocenters. The van der Waals surface area contributed by atoms with E-state index >= 15 is 0 Å². The number of aryl methyl sites for hydroxylation is 1. The number of nitrogens with one attached hydrogen (secondary N) is 1. The van der Waals surface area contributed by atoms with Crippen molar-refractivity contribution in [2.45, 2.75) is 13.5 Å². The third-order valence-corrected chi connectivity index (χ3v) is 3.18. The Morgan fingerprint density at radius 2 is 2.16 bits per heavy atom. The summed E-state index contributed by atoms with van der Waals surface area (Å²) in [5.41, 5.74) is 2.87. The first-order valence-electron chi connectivity index (χ1n) is 5.75. The third-order valence-electron chi connectivity index (χ3n) is 2.69. The number of carbonyl (C=O) groups is 1. The number of nitrogens with zero attached hydrogens (tertiary/aromatic N) is 1. The van der Waals surface area contributed by atoms with E-state index in [0.29, 0.717) is 12.2 Å². The zero-order chi connectivity index (χ0) is 13.8. The molecule has 0 saturated carbocycles. The zero-order valence-electron chi connectivity index (χ0n) is 10.4. The van der Waals surface area contributed by atoms with Gasteiger partial charge in [0.2, 0.25) is 0 Å². The lowest BCUT2D eigenvalue weighted by Crippen LogP contribution is -2.07. The molecule has 98 valence electrons. The van der Waals surface area contributed by atoms with E-state index in [1.807, 2.05) is 25.1 Å². The largest absolute Gasteiger partial charge is 0.477 e. The smallest absolute Gasteiger partial charge is 0.354 e. The van der Waals surface area contributed by atoms with Crippen LogP contribution in [0.1, 0.15) is 21.7 Å². The van der Waals surface area contributed by atoms with Crippen molar-refractivity contribution in [3.8, 4) is 0 Å². The van der Waals surface area contributed by atoms with E-state index in [4.69, 9.17) is 5.11 Å². The van der Waals surface area contributed by atoms with Gasteiger partial charge in [-0.3, -0.25) is 0 Å². The van der Waals surface area contributed by atoms with E-state index in [9.17, 15) is 4.79 Å². The summed E-state index contributed by atoms with van der Waals surface area (Å²) >= 11 is 3.42. The Morgan fingerprint density at radius 3 is 2.89 bits per heavy atom. The maximum Gasteiger partial charge on any atom is 0.354 e. The van der Waals surface area contributed by atoms with E-state index in [1.54, 1.807) is 12.1 Å². The Hall–Kier alpha value is -1.88. The number of hydrogen-bond acceptors (Lipinski definition) is 3. The Labute approximate surface area is 119 Å². The van der Waals surface area contributed by atoms with Crippen LogP contribution >= 0.6 is 15.9 Å². The van der Waals surface area contributed by atoms with Crippen molar-refractivity contribution in [1.82, 2.24) is 4.98 Å². The van der Waals surface area contributed by atoms with Gasteiger partial charge >= 0.3 is 5.97 Å². The molecule has 0 radical (unpaired) electrons. The summed E-state index contributed by atoms with van der Waals surface area (Å²) in [6.07, 6.45) is 0. The number of anilines is 1. The van der Waals surface area contributed by atoms with Crippen LogP contribution in [-0.2, 0) is 6.54 Å². The van der Waals surface area contributed by atoms with E-state index < -0.39 is 5.97 Å². The van der Waals surface area contributed by atoms with Gasteiger partial charge in [-0.05, 0) is 36.8 Å². The average molecular weight is 321 g/mol. The topological polar surface area (TPSA) is 62.2 Å². The Balaban J connectivity index is 2.12. The Kier molecular flexibility index (Phi) is 4.16. The van der Waals surface area contributed by atoms with Crippen molar-refractivity contribution in [2.24, 2.45) is 0 Å². The molecule has 19 heavy (non-hydrogen) atoms. The molecule has 2 N–H and O–H groups in total. The molecule has 0 spiro atoms. The van der Waals surface area contributed by atoms with Gasteiger partial charge < -0.3 is 10.4 Å². The minimum absolute atomic E-state index is 0.0604. The fourth-order valence-electron chi connectivity index (χ4n) is 1.67. The number of aromatic nitrogens is 1. The number of carboxylic acids is 1. The van der Waals surface area contributed by atoms with Crippen LogP contribution in [0.15, 0.2) is 40.9 Å². The molecule has 0 amide bonds. The SMILES string of the molecule is Cc1ccc(Br)cc1NCc1cccc(C(=O)O)n1. The average Bonchev–Trinajstić information content (AvgIpc) is 2.40. The first-order valence-corrected chi connectivity index (χ1v) is 6.55. The lowest BCUT2D eigenvalue weighted by atomic mass is 10.2. The van der Waals surface area contributed by atoms with Gasteiger partial charge in [0.15, 0.2) is 0 Å². The third kappa shape index (κ3) is 3.54. The fourth-order valence-corrected chi connectivity index (χ4v) is 2.03. The van der Waals surface area contributed by atoms with Crippen LogP contribution < -0.4 is 5.32 Å². The Morgan fingerprint density at radius 1 is 1.37 bits per heavy atom. The van der Waals surface area contributed by atoms with Crippen molar-refractivity contribution >= 4 is 27.6 Å². The molecule has 0 fully saturated rings. The summed E-state index contributed by atoms with van der Waals surface area (Å²) in [5, 5.41) is 12.1. The minimum Gasteiger partial charge on any atom is -0.477 e. The highest BCUT2D eigenvalue weighted by Crippen LogP contribution is 2.21. The van der Waals surface area contributed by atoms with Gasteiger partial charge in [0, 0.05) is 10.2 Å². The molecule has 2 aromatic rings. The molecule has 0 atom stereocenters. The lowest BCUT2D eigenvalue weighted by molar-refractivity contribution is 0.0690. The number of halogens is 1. The van der Waals surface area contributed by atoms with Crippen LogP contribution in [0.3, 0.4) is 0 Å². The molecule has 0 bridgehead atoms. The van der Waals surface area contributed by atoms with Crippen LogP contribution in [-0.4, -0.2) is 16.1 Å². The van der Waals surface area contributed by atoms with Crippen LogP contribution in [0, 0.1) is 6.92 Å². The van der Waals surface area contributed by atoms with Crippen molar-refractivity contribution in [3.63, 3.8) is 0 Å². The summed E-state index contributed by atoms with van der Waals surface area (Å²) in [6, 6.07) is 10.9. The van der Waals surface area contributed by atoms with E-state index in [2.05, 4.69) is 26.2 Å². The monoisotopic (exact) mass is 320 g/mol. The highest BCUT2D eigenvalue weighted by atomic mass is 79.9. The van der Waals surface area contributed by atoms with E-state index in [0.717, 1.165) is 15.7 Å². The van der Waals surface area contributed by atoms with Gasteiger partial charge in [0.05, 0.1) is 12.2 Å². The number of benzene rings is 1. The van der Waals surface area contributed by atoms with Crippen molar-refractivity contribution in [2.75, 3.05) is 5.32 Å². The molecule has 1 aromatic heterocycles. The van der Waals surface area contributed by atoms with Gasteiger partial charge in [-0.25, -0.2) is 9.78 Å². The van der Waals surface area contributed by atoms with Crippen LogP contribution in [0.2, 0.25) is 0 Å². The molecular formula is C14H13BrN2O2. The maximum absolute atomic E-state index is 10.8. The fraction of sp³-hybridized carbons (Fsp3) is 0.143. The second kappa shape index (κ2) is 5.84. The Bertz CT molecular complexity index is 614.